The number of carbonyl (C=O) groups excluding carboxylic acids is 2. The molecule has 0 aromatic heterocycles. The molecular weight excluding hydrogens is 533 g/mol. The second-order valence-electron chi connectivity index (χ2n) is 10.9. The van der Waals surface area contributed by atoms with Gasteiger partial charge in [0.1, 0.15) is 6.10 Å². The molecule has 0 amide bonds. The Morgan fingerprint density at radius 2 is 1.23 bits per heavy atom. The van der Waals surface area contributed by atoms with Crippen LogP contribution in [0.4, 0.5) is 0 Å². The van der Waals surface area contributed by atoms with Crippen LogP contribution in [0.3, 0.4) is 0 Å². The zero-order valence-electron chi connectivity index (χ0n) is 25.3. The normalized spacial score (nSPS) is 12.4. The molecule has 0 heterocycles. The summed E-state index contributed by atoms with van der Waals surface area (Å²) in [5, 5.41) is 3.24. The molecule has 0 saturated carbocycles. The molecule has 0 aliphatic heterocycles. The Kier molecular flexibility index (Phi) is 28.8. The van der Waals surface area contributed by atoms with E-state index in [0.717, 1.165) is 51.5 Å². The lowest BCUT2D eigenvalue weighted by atomic mass is 10.1. The van der Waals surface area contributed by atoms with Gasteiger partial charge in [0.05, 0.1) is 13.2 Å². The van der Waals surface area contributed by atoms with E-state index in [1.54, 1.807) is 0 Å². The molecule has 0 radical (unpaired) electrons. The largest absolute Gasteiger partial charge is 0.469 e. The van der Waals surface area contributed by atoms with Gasteiger partial charge in [0.25, 0.3) is 6.47 Å². The summed E-state index contributed by atoms with van der Waals surface area (Å²) in [6.07, 6.45) is 24.3. The summed E-state index contributed by atoms with van der Waals surface area (Å²) in [5.41, 5.74) is 0. The Morgan fingerprint density at radius 1 is 0.750 bits per heavy atom. The maximum absolute atomic E-state index is 12.3. The van der Waals surface area contributed by atoms with E-state index in [9.17, 15) is 14.2 Å². The highest BCUT2D eigenvalue weighted by Gasteiger charge is 2.21. The van der Waals surface area contributed by atoms with Crippen molar-refractivity contribution in [1.82, 2.24) is 5.32 Å². The Bertz CT molecular complexity index is 617. The van der Waals surface area contributed by atoms with E-state index in [0.29, 0.717) is 26.0 Å². The van der Waals surface area contributed by atoms with Gasteiger partial charge in [0.2, 0.25) is 0 Å². The quantitative estimate of drug-likeness (QED) is 0.0316. The Balaban J connectivity index is 3.80. The third-order valence-corrected chi connectivity index (χ3v) is 7.50. The van der Waals surface area contributed by atoms with Crippen LogP contribution >= 0.6 is 7.82 Å². The fourth-order valence-electron chi connectivity index (χ4n) is 4.65. The maximum Gasteiger partial charge on any atom is 0.469 e. The number of hydrogen-bond donors (Lipinski definition) is 3. The molecule has 238 valence electrons. The summed E-state index contributed by atoms with van der Waals surface area (Å²) in [4.78, 5) is 40.4. The van der Waals surface area contributed by atoms with Gasteiger partial charge in [-0.25, -0.2) is 4.57 Å². The molecule has 3 N–H and O–H groups in total. The third-order valence-electron chi connectivity index (χ3n) is 7.02. The molecule has 1 atom stereocenters. The molecule has 40 heavy (non-hydrogen) atoms. The molecule has 0 aromatic carbocycles. The smallest absolute Gasteiger partial charge is 0.468 e. The predicted molar refractivity (Wildman–Crippen MR) is 160 cm³/mol. The third kappa shape index (κ3) is 31.5. The molecule has 0 spiro atoms. The molecule has 0 fully saturated rings. The zero-order chi connectivity index (χ0) is 29.6. The minimum atomic E-state index is -4.62. The van der Waals surface area contributed by atoms with E-state index in [-0.39, 0.29) is 12.6 Å². The first kappa shape index (κ1) is 39.0. The van der Waals surface area contributed by atoms with Crippen molar-refractivity contribution in [3.05, 3.63) is 0 Å². The van der Waals surface area contributed by atoms with Crippen molar-refractivity contribution in [2.45, 2.75) is 154 Å². The van der Waals surface area contributed by atoms with Crippen molar-refractivity contribution in [2.75, 3.05) is 26.3 Å². The van der Waals surface area contributed by atoms with Gasteiger partial charge >= 0.3 is 13.8 Å². The Hall–Kier alpha value is -0.990. The van der Waals surface area contributed by atoms with Crippen LogP contribution in [-0.4, -0.2) is 54.6 Å². The zero-order valence-corrected chi connectivity index (χ0v) is 26.2. The molecule has 0 bridgehead atoms. The van der Waals surface area contributed by atoms with Crippen LogP contribution in [0.1, 0.15) is 148 Å². The van der Waals surface area contributed by atoms with E-state index in [1.165, 1.54) is 89.9 Å². The number of nitrogens with one attached hydrogen (secondary N) is 1. The summed E-state index contributed by atoms with van der Waals surface area (Å²) < 4.78 is 25.9. The summed E-state index contributed by atoms with van der Waals surface area (Å²) >= 11 is 0. The van der Waals surface area contributed by atoms with Crippen molar-refractivity contribution < 1.29 is 37.9 Å². The van der Waals surface area contributed by atoms with Gasteiger partial charge in [-0.1, -0.05) is 122 Å². The second kappa shape index (κ2) is 29.5. The summed E-state index contributed by atoms with van der Waals surface area (Å²) in [5.74, 6) is -0.340. The topological polar surface area (TPSA) is 131 Å². The summed E-state index contributed by atoms with van der Waals surface area (Å²) in [6.45, 7) is 4.02. The van der Waals surface area contributed by atoms with Gasteiger partial charge in [-0.15, -0.1) is 0 Å². The van der Waals surface area contributed by atoms with Crippen LogP contribution in [0.15, 0.2) is 0 Å². The molecule has 0 aliphatic rings. The first-order valence-corrected chi connectivity index (χ1v) is 17.6. The van der Waals surface area contributed by atoms with Crippen LogP contribution in [0.2, 0.25) is 0 Å². The van der Waals surface area contributed by atoms with Crippen molar-refractivity contribution in [3.8, 4) is 0 Å². The van der Waals surface area contributed by atoms with E-state index in [1.807, 2.05) is 0 Å². The number of unbranched alkanes of at least 4 members (excludes halogenated alkanes) is 19. The minimum absolute atomic E-state index is 0.313. The lowest BCUT2D eigenvalue weighted by Gasteiger charge is -2.19. The summed E-state index contributed by atoms with van der Waals surface area (Å²) in [6, 6.07) is 0. The molecular formula is C30H60NO8P. The SMILES string of the molecule is CCCCCCCCCCCC(=O)O[C@@H](CNCCCCCCCCCCCCCCOC=O)COP(=O)(O)O. The molecule has 0 unspecified atom stereocenters. The van der Waals surface area contributed by atoms with Gasteiger partial charge in [0, 0.05) is 13.0 Å². The highest BCUT2D eigenvalue weighted by atomic mass is 31.2. The molecule has 0 saturated heterocycles. The van der Waals surface area contributed by atoms with Crippen LogP contribution < -0.4 is 5.32 Å². The monoisotopic (exact) mass is 593 g/mol. The van der Waals surface area contributed by atoms with E-state index in [2.05, 4.69) is 21.5 Å². The number of carbonyl (C=O) groups is 2. The van der Waals surface area contributed by atoms with Gasteiger partial charge in [-0.3, -0.25) is 14.1 Å². The first-order chi connectivity index (χ1) is 19.4. The predicted octanol–water partition coefficient (Wildman–Crippen LogP) is 7.37. The number of rotatable bonds is 32. The Morgan fingerprint density at radius 3 is 1.73 bits per heavy atom. The lowest BCUT2D eigenvalue weighted by Crippen LogP contribution is -2.35. The number of hydrogen-bond acceptors (Lipinski definition) is 7. The van der Waals surface area contributed by atoms with Crippen LogP contribution in [-0.2, 0) is 28.2 Å². The standard InChI is InChI=1S/C30H60NO8P/c1-2-3-4-5-6-11-14-17-20-23-30(33)39-29(27-38-40(34,35)36)26-31-24-21-18-15-12-9-7-8-10-13-16-19-22-25-37-28-32/h28-29,31H,2-27H2,1H3,(H2,34,35,36)/t29-/m0/s1. The van der Waals surface area contributed by atoms with E-state index < -0.39 is 13.9 Å². The van der Waals surface area contributed by atoms with Gasteiger partial charge in [-0.2, -0.15) is 0 Å². The minimum Gasteiger partial charge on any atom is -0.468 e. The number of phosphoric ester groups is 1. The van der Waals surface area contributed by atoms with Crippen LogP contribution in [0, 0.1) is 0 Å². The van der Waals surface area contributed by atoms with Gasteiger partial charge in [0.15, 0.2) is 0 Å². The molecule has 9 nitrogen and oxygen atoms in total. The van der Waals surface area contributed by atoms with E-state index >= 15 is 0 Å². The molecule has 10 heteroatoms. The van der Waals surface area contributed by atoms with Gasteiger partial charge < -0.3 is 24.6 Å². The average molecular weight is 594 g/mol. The number of phosphoric acid groups is 1. The number of esters is 1. The fraction of sp³-hybridized carbons (Fsp3) is 0.933. The van der Waals surface area contributed by atoms with Crippen molar-refractivity contribution in [3.63, 3.8) is 0 Å². The average Bonchev–Trinajstić information content (AvgIpc) is 2.92. The van der Waals surface area contributed by atoms with Crippen LogP contribution in [0.5, 0.6) is 0 Å². The lowest BCUT2D eigenvalue weighted by molar-refractivity contribution is -0.150. The number of ether oxygens (including phenoxy) is 2. The molecule has 0 aliphatic carbocycles. The van der Waals surface area contributed by atoms with E-state index in [4.69, 9.17) is 14.5 Å². The van der Waals surface area contributed by atoms with Crippen molar-refractivity contribution in [2.24, 2.45) is 0 Å². The Labute approximate surface area is 244 Å². The highest BCUT2D eigenvalue weighted by Crippen LogP contribution is 2.35. The van der Waals surface area contributed by atoms with Gasteiger partial charge in [-0.05, 0) is 25.8 Å². The molecule has 0 rings (SSSR count). The first-order valence-electron chi connectivity index (χ1n) is 16.0. The maximum atomic E-state index is 12.3. The van der Waals surface area contributed by atoms with Crippen molar-refractivity contribution >= 4 is 20.3 Å². The van der Waals surface area contributed by atoms with Crippen molar-refractivity contribution in [1.29, 1.82) is 0 Å². The second-order valence-corrected chi connectivity index (χ2v) is 12.1. The fourth-order valence-corrected chi connectivity index (χ4v) is 5.01. The summed E-state index contributed by atoms with van der Waals surface area (Å²) in [7, 11) is -4.62. The molecule has 0 aromatic rings. The van der Waals surface area contributed by atoms with Crippen LogP contribution in [0.25, 0.3) is 0 Å². The highest BCUT2D eigenvalue weighted by molar-refractivity contribution is 7.46.